The van der Waals surface area contributed by atoms with E-state index in [-0.39, 0.29) is 12.4 Å². The van der Waals surface area contributed by atoms with E-state index in [0.29, 0.717) is 30.0 Å². The normalized spacial score (nSPS) is 11.6. The Morgan fingerprint density at radius 2 is 2.05 bits per heavy atom. The Morgan fingerprint density at radius 1 is 1.42 bits per heavy atom. The zero-order chi connectivity index (χ0) is 14.5. The van der Waals surface area contributed by atoms with Crippen LogP contribution < -0.4 is 5.32 Å². The van der Waals surface area contributed by atoms with Crippen LogP contribution in [0.15, 0.2) is 18.2 Å². The fraction of sp³-hybridized carbons (Fsp3) is 0.500. The highest BCUT2D eigenvalue weighted by molar-refractivity contribution is 6.30. The zero-order valence-corrected chi connectivity index (χ0v) is 11.9. The summed E-state index contributed by atoms with van der Waals surface area (Å²) in [7, 11) is 0. The molecule has 0 amide bonds. The molecular weight excluding hydrogens is 269 g/mol. The Morgan fingerprint density at radius 3 is 2.58 bits per heavy atom. The van der Waals surface area contributed by atoms with Crippen molar-refractivity contribution in [1.29, 1.82) is 0 Å². The lowest BCUT2D eigenvalue weighted by Crippen LogP contribution is -2.40. The van der Waals surface area contributed by atoms with E-state index in [0.717, 1.165) is 0 Å². The lowest BCUT2D eigenvalue weighted by Gasteiger charge is -2.27. The van der Waals surface area contributed by atoms with Crippen LogP contribution >= 0.6 is 11.6 Å². The molecule has 0 heterocycles. The van der Waals surface area contributed by atoms with Crippen molar-refractivity contribution in [2.75, 3.05) is 6.54 Å². The Balaban J connectivity index is 2.67. The summed E-state index contributed by atoms with van der Waals surface area (Å²) < 4.78 is 13.5. The molecule has 0 saturated carbocycles. The summed E-state index contributed by atoms with van der Waals surface area (Å²) in [6, 6.07) is 4.34. The van der Waals surface area contributed by atoms with Crippen LogP contribution in [-0.2, 0) is 11.3 Å². The number of hydrogen-bond acceptors (Lipinski definition) is 2. The van der Waals surface area contributed by atoms with E-state index in [1.54, 1.807) is 6.07 Å². The molecule has 0 saturated heterocycles. The molecule has 0 aliphatic carbocycles. The second kappa shape index (κ2) is 6.87. The number of carbonyl (C=O) groups is 1. The molecule has 0 unspecified atom stereocenters. The van der Waals surface area contributed by atoms with Crippen molar-refractivity contribution in [2.24, 2.45) is 5.41 Å². The summed E-state index contributed by atoms with van der Waals surface area (Å²) in [5, 5.41) is 12.8. The summed E-state index contributed by atoms with van der Waals surface area (Å²) in [5.74, 6) is -1.16. The topological polar surface area (TPSA) is 49.3 Å². The second-order valence-electron chi connectivity index (χ2n) is 4.63. The maximum atomic E-state index is 13.5. The molecule has 1 aromatic rings. The van der Waals surface area contributed by atoms with Gasteiger partial charge in [0.2, 0.25) is 0 Å². The minimum atomic E-state index is -0.823. The fourth-order valence-corrected chi connectivity index (χ4v) is 2.19. The lowest BCUT2D eigenvalue weighted by molar-refractivity contribution is -0.149. The maximum Gasteiger partial charge on any atom is 0.310 e. The van der Waals surface area contributed by atoms with Gasteiger partial charge in [-0.05, 0) is 31.0 Å². The van der Waals surface area contributed by atoms with Gasteiger partial charge < -0.3 is 10.4 Å². The number of nitrogens with one attached hydrogen (secondary N) is 1. The van der Waals surface area contributed by atoms with Crippen molar-refractivity contribution in [3.8, 4) is 0 Å². The van der Waals surface area contributed by atoms with Crippen LogP contribution in [0.2, 0.25) is 5.02 Å². The molecule has 2 N–H and O–H groups in total. The van der Waals surface area contributed by atoms with Gasteiger partial charge in [0.05, 0.1) is 5.41 Å². The number of rotatable bonds is 7. The highest BCUT2D eigenvalue weighted by Gasteiger charge is 2.34. The highest BCUT2D eigenvalue weighted by Crippen LogP contribution is 2.26. The van der Waals surface area contributed by atoms with E-state index in [4.69, 9.17) is 11.6 Å². The van der Waals surface area contributed by atoms with Gasteiger partial charge in [0, 0.05) is 23.7 Å². The third kappa shape index (κ3) is 3.91. The first-order chi connectivity index (χ1) is 8.95. The predicted molar refractivity (Wildman–Crippen MR) is 73.8 cm³/mol. The van der Waals surface area contributed by atoms with Gasteiger partial charge in [0.1, 0.15) is 5.82 Å². The number of carboxylic acid groups (broad SMARTS) is 1. The van der Waals surface area contributed by atoms with Crippen LogP contribution in [0.5, 0.6) is 0 Å². The van der Waals surface area contributed by atoms with Gasteiger partial charge in [-0.25, -0.2) is 4.39 Å². The molecule has 0 fully saturated rings. The van der Waals surface area contributed by atoms with Crippen LogP contribution in [0, 0.1) is 11.2 Å². The minimum Gasteiger partial charge on any atom is -0.481 e. The van der Waals surface area contributed by atoms with E-state index < -0.39 is 11.4 Å². The molecule has 0 aliphatic heterocycles. The second-order valence-corrected chi connectivity index (χ2v) is 5.07. The zero-order valence-electron chi connectivity index (χ0n) is 11.2. The highest BCUT2D eigenvalue weighted by atomic mass is 35.5. The van der Waals surface area contributed by atoms with Crippen molar-refractivity contribution in [3.63, 3.8) is 0 Å². The van der Waals surface area contributed by atoms with E-state index in [1.165, 1.54) is 12.1 Å². The quantitative estimate of drug-likeness (QED) is 0.807. The molecule has 0 aromatic heterocycles. The molecule has 1 rings (SSSR count). The summed E-state index contributed by atoms with van der Waals surface area (Å²) >= 11 is 5.80. The fourth-order valence-electron chi connectivity index (χ4n) is 1.99. The van der Waals surface area contributed by atoms with Crippen molar-refractivity contribution in [3.05, 3.63) is 34.6 Å². The van der Waals surface area contributed by atoms with E-state index in [2.05, 4.69) is 5.32 Å². The minimum absolute atomic E-state index is 0.265. The predicted octanol–water partition coefficient (Wildman–Crippen LogP) is 3.46. The molecular formula is C14H19ClFNO2. The third-order valence-corrected chi connectivity index (χ3v) is 3.83. The SMILES string of the molecule is CCC(CC)(CNCc1cc(Cl)ccc1F)C(=O)O. The van der Waals surface area contributed by atoms with Crippen LogP contribution in [0.25, 0.3) is 0 Å². The smallest absolute Gasteiger partial charge is 0.310 e. The Labute approximate surface area is 117 Å². The number of aliphatic carboxylic acids is 1. The monoisotopic (exact) mass is 287 g/mol. The third-order valence-electron chi connectivity index (χ3n) is 3.59. The molecule has 0 atom stereocenters. The largest absolute Gasteiger partial charge is 0.481 e. The number of carboxylic acids is 1. The molecule has 5 heteroatoms. The first-order valence-corrected chi connectivity index (χ1v) is 6.71. The molecule has 0 spiro atoms. The Bertz CT molecular complexity index is 447. The standard InChI is InChI=1S/C14H19ClFNO2/c1-3-14(4-2,13(18)19)9-17-8-10-7-11(15)5-6-12(10)16/h5-7,17H,3-4,8-9H2,1-2H3,(H,18,19). The van der Waals surface area contributed by atoms with Gasteiger partial charge in [0.15, 0.2) is 0 Å². The van der Waals surface area contributed by atoms with Gasteiger partial charge in [0.25, 0.3) is 0 Å². The van der Waals surface area contributed by atoms with Crippen molar-refractivity contribution in [1.82, 2.24) is 5.32 Å². The summed E-state index contributed by atoms with van der Waals surface area (Å²) in [4.78, 5) is 11.3. The van der Waals surface area contributed by atoms with Gasteiger partial charge >= 0.3 is 5.97 Å². The molecule has 19 heavy (non-hydrogen) atoms. The summed E-state index contributed by atoms with van der Waals surface area (Å²) in [6.45, 7) is 4.27. The maximum absolute atomic E-state index is 13.5. The number of benzene rings is 1. The van der Waals surface area contributed by atoms with Gasteiger partial charge in [-0.2, -0.15) is 0 Å². The first-order valence-electron chi connectivity index (χ1n) is 6.33. The van der Waals surface area contributed by atoms with E-state index >= 15 is 0 Å². The van der Waals surface area contributed by atoms with E-state index in [1.807, 2.05) is 13.8 Å². The molecule has 0 radical (unpaired) electrons. The van der Waals surface area contributed by atoms with E-state index in [9.17, 15) is 14.3 Å². The molecule has 0 aliphatic rings. The molecule has 1 aromatic carbocycles. The van der Waals surface area contributed by atoms with Gasteiger partial charge in [-0.1, -0.05) is 25.4 Å². The van der Waals surface area contributed by atoms with Crippen molar-refractivity contribution in [2.45, 2.75) is 33.2 Å². The molecule has 3 nitrogen and oxygen atoms in total. The van der Waals surface area contributed by atoms with Crippen LogP contribution in [0.4, 0.5) is 4.39 Å². The van der Waals surface area contributed by atoms with Crippen molar-refractivity contribution >= 4 is 17.6 Å². The average molecular weight is 288 g/mol. The van der Waals surface area contributed by atoms with Gasteiger partial charge in [-0.15, -0.1) is 0 Å². The molecule has 106 valence electrons. The summed E-state index contributed by atoms with van der Waals surface area (Å²) in [5.41, 5.74) is -0.353. The average Bonchev–Trinajstić information content (AvgIpc) is 2.38. The first kappa shape index (κ1) is 15.9. The van der Waals surface area contributed by atoms with Crippen LogP contribution in [0.3, 0.4) is 0 Å². The lowest BCUT2D eigenvalue weighted by atomic mass is 9.82. The molecule has 0 bridgehead atoms. The summed E-state index contributed by atoms with van der Waals surface area (Å²) in [6.07, 6.45) is 1.06. The Hall–Kier alpha value is -1.13. The Kier molecular flexibility index (Phi) is 5.76. The number of hydrogen-bond donors (Lipinski definition) is 2. The number of halogens is 2. The van der Waals surface area contributed by atoms with Gasteiger partial charge in [-0.3, -0.25) is 4.79 Å². The van der Waals surface area contributed by atoms with Crippen LogP contribution in [0.1, 0.15) is 32.3 Å². The van der Waals surface area contributed by atoms with Crippen molar-refractivity contribution < 1.29 is 14.3 Å². The van der Waals surface area contributed by atoms with Crippen LogP contribution in [-0.4, -0.2) is 17.6 Å².